The topological polar surface area (TPSA) is 73.9 Å². The maximum absolute atomic E-state index is 12.6. The molecule has 0 unspecified atom stereocenters. The minimum absolute atomic E-state index is 0.104. The van der Waals surface area contributed by atoms with Gasteiger partial charge in [0.2, 0.25) is 10.0 Å². The van der Waals surface area contributed by atoms with Gasteiger partial charge in [0.1, 0.15) is 22.1 Å². The van der Waals surface area contributed by atoms with E-state index >= 15 is 0 Å². The van der Waals surface area contributed by atoms with Crippen LogP contribution in [-0.2, 0) is 16.6 Å². The Morgan fingerprint density at radius 3 is 2.08 bits per heavy atom. The predicted molar refractivity (Wildman–Crippen MR) is 91.3 cm³/mol. The molecule has 0 aliphatic carbocycles. The molecule has 0 aromatic heterocycles. The highest BCUT2D eigenvalue weighted by atomic mass is 32.2. The highest BCUT2D eigenvalue weighted by Crippen LogP contribution is 2.26. The Bertz CT molecular complexity index is 795. The third-order valence-corrected chi connectivity index (χ3v) is 4.91. The summed E-state index contributed by atoms with van der Waals surface area (Å²) >= 11 is 0. The third-order valence-electron chi connectivity index (χ3n) is 3.49. The van der Waals surface area contributed by atoms with Gasteiger partial charge in [0.05, 0.1) is 21.3 Å². The summed E-state index contributed by atoms with van der Waals surface area (Å²) in [6.07, 6.45) is 0. The van der Waals surface area contributed by atoms with E-state index in [1.54, 1.807) is 50.6 Å². The third kappa shape index (κ3) is 4.18. The second-order valence-electron chi connectivity index (χ2n) is 5.20. The van der Waals surface area contributed by atoms with Crippen LogP contribution in [0.25, 0.3) is 0 Å². The molecule has 0 heterocycles. The summed E-state index contributed by atoms with van der Waals surface area (Å²) in [7, 11) is 0.806. The van der Waals surface area contributed by atoms with Gasteiger partial charge in [0.15, 0.2) is 0 Å². The molecule has 2 aromatic rings. The second-order valence-corrected chi connectivity index (χ2v) is 6.94. The molecule has 1 N–H and O–H groups in total. The summed E-state index contributed by atoms with van der Waals surface area (Å²) in [5.74, 6) is 1.49. The van der Waals surface area contributed by atoms with Gasteiger partial charge in [-0.25, -0.2) is 13.1 Å². The number of ether oxygens (including phenoxy) is 3. The maximum atomic E-state index is 12.6. The molecule has 0 amide bonds. The van der Waals surface area contributed by atoms with E-state index in [4.69, 9.17) is 14.2 Å². The summed E-state index contributed by atoms with van der Waals surface area (Å²) in [5, 5.41) is 0. The first-order chi connectivity index (χ1) is 11.4. The number of hydrogen-bond acceptors (Lipinski definition) is 5. The lowest BCUT2D eigenvalue weighted by atomic mass is 10.2. The number of aryl methyl sites for hydroxylation is 1. The molecule has 0 saturated carbocycles. The maximum Gasteiger partial charge on any atom is 0.244 e. The largest absolute Gasteiger partial charge is 0.497 e. The van der Waals surface area contributed by atoms with Crippen molar-refractivity contribution in [3.63, 3.8) is 0 Å². The van der Waals surface area contributed by atoms with Crippen LogP contribution in [0.5, 0.6) is 17.2 Å². The lowest BCUT2D eigenvalue weighted by molar-refractivity contribution is 0.393. The van der Waals surface area contributed by atoms with Crippen molar-refractivity contribution in [2.75, 3.05) is 21.3 Å². The zero-order chi connectivity index (χ0) is 17.7. The van der Waals surface area contributed by atoms with Crippen LogP contribution < -0.4 is 18.9 Å². The van der Waals surface area contributed by atoms with Gasteiger partial charge >= 0.3 is 0 Å². The Kier molecular flexibility index (Phi) is 5.69. The Hall–Kier alpha value is -2.25. The molecule has 24 heavy (non-hydrogen) atoms. The SMILES string of the molecule is COc1cc(CNS(=O)(=O)c2cc(C)ccc2OC)cc(OC)c1. The van der Waals surface area contributed by atoms with Gasteiger partial charge in [-0.3, -0.25) is 0 Å². The fourth-order valence-electron chi connectivity index (χ4n) is 2.22. The molecule has 130 valence electrons. The summed E-state index contributed by atoms with van der Waals surface area (Å²) < 4.78 is 43.3. The standard InChI is InChI=1S/C17H21NO5S/c1-12-5-6-16(23-4)17(7-12)24(19,20)18-11-13-8-14(21-2)10-15(9-13)22-3/h5-10,18H,11H2,1-4H3. The number of methoxy groups -OCH3 is 3. The molecule has 0 saturated heterocycles. The fraction of sp³-hybridized carbons (Fsp3) is 0.294. The molecule has 0 spiro atoms. The predicted octanol–water partition coefficient (Wildman–Crippen LogP) is 2.50. The molecule has 7 heteroatoms. The van der Waals surface area contributed by atoms with Crippen molar-refractivity contribution in [3.05, 3.63) is 47.5 Å². The highest BCUT2D eigenvalue weighted by Gasteiger charge is 2.19. The van der Waals surface area contributed by atoms with Crippen molar-refractivity contribution in [3.8, 4) is 17.2 Å². The molecule has 2 aromatic carbocycles. The van der Waals surface area contributed by atoms with E-state index in [2.05, 4.69) is 4.72 Å². The normalized spacial score (nSPS) is 11.2. The summed E-state index contributed by atoms with van der Waals surface area (Å²) in [5.41, 5.74) is 1.56. The van der Waals surface area contributed by atoms with Crippen LogP contribution in [0, 0.1) is 6.92 Å². The molecule has 0 aliphatic heterocycles. The van der Waals surface area contributed by atoms with Crippen molar-refractivity contribution in [2.45, 2.75) is 18.4 Å². The van der Waals surface area contributed by atoms with Gasteiger partial charge in [0, 0.05) is 12.6 Å². The van der Waals surface area contributed by atoms with Gasteiger partial charge in [0.25, 0.3) is 0 Å². The quantitative estimate of drug-likeness (QED) is 0.830. The second kappa shape index (κ2) is 7.55. The van der Waals surface area contributed by atoms with Crippen LogP contribution in [0.1, 0.15) is 11.1 Å². The minimum Gasteiger partial charge on any atom is -0.497 e. The Balaban J connectivity index is 2.26. The lowest BCUT2D eigenvalue weighted by Gasteiger charge is -2.13. The van der Waals surface area contributed by atoms with E-state index in [0.717, 1.165) is 11.1 Å². The van der Waals surface area contributed by atoms with E-state index in [1.165, 1.54) is 7.11 Å². The average Bonchev–Trinajstić information content (AvgIpc) is 2.59. The number of sulfonamides is 1. The smallest absolute Gasteiger partial charge is 0.244 e. The number of hydrogen-bond donors (Lipinski definition) is 1. The molecule has 0 bridgehead atoms. The molecule has 0 aliphatic rings. The number of benzene rings is 2. The van der Waals surface area contributed by atoms with Crippen LogP contribution >= 0.6 is 0 Å². The summed E-state index contributed by atoms with van der Waals surface area (Å²) in [4.78, 5) is 0.111. The van der Waals surface area contributed by atoms with E-state index in [-0.39, 0.29) is 11.4 Å². The molecule has 2 rings (SSSR count). The molecular formula is C17H21NO5S. The van der Waals surface area contributed by atoms with Crippen molar-refractivity contribution < 1.29 is 22.6 Å². The van der Waals surface area contributed by atoms with Crippen LogP contribution in [0.2, 0.25) is 0 Å². The molecule has 6 nitrogen and oxygen atoms in total. The molecule has 0 atom stereocenters. The molecular weight excluding hydrogens is 330 g/mol. The van der Waals surface area contributed by atoms with E-state index in [9.17, 15) is 8.42 Å². The van der Waals surface area contributed by atoms with Crippen molar-refractivity contribution in [2.24, 2.45) is 0 Å². The van der Waals surface area contributed by atoms with Gasteiger partial charge in [-0.05, 0) is 42.3 Å². The summed E-state index contributed by atoms with van der Waals surface area (Å²) in [6, 6.07) is 10.2. The Labute approximate surface area is 142 Å². The van der Waals surface area contributed by atoms with Crippen molar-refractivity contribution in [1.29, 1.82) is 0 Å². The minimum atomic E-state index is -3.72. The molecule has 0 fully saturated rings. The van der Waals surface area contributed by atoms with E-state index in [0.29, 0.717) is 17.2 Å². The zero-order valence-electron chi connectivity index (χ0n) is 14.1. The average molecular weight is 351 g/mol. The molecule has 0 radical (unpaired) electrons. The Morgan fingerprint density at radius 1 is 0.917 bits per heavy atom. The van der Waals surface area contributed by atoms with E-state index in [1.807, 2.05) is 6.92 Å². The number of rotatable bonds is 7. The fourth-order valence-corrected chi connectivity index (χ4v) is 3.49. The van der Waals surface area contributed by atoms with E-state index < -0.39 is 10.0 Å². The number of nitrogens with one attached hydrogen (secondary N) is 1. The Morgan fingerprint density at radius 2 is 1.54 bits per heavy atom. The lowest BCUT2D eigenvalue weighted by Crippen LogP contribution is -2.24. The monoisotopic (exact) mass is 351 g/mol. The van der Waals surface area contributed by atoms with Gasteiger partial charge in [-0.1, -0.05) is 6.07 Å². The van der Waals surface area contributed by atoms with Gasteiger partial charge < -0.3 is 14.2 Å². The van der Waals surface area contributed by atoms with Crippen molar-refractivity contribution in [1.82, 2.24) is 4.72 Å². The highest BCUT2D eigenvalue weighted by molar-refractivity contribution is 7.89. The van der Waals surface area contributed by atoms with Gasteiger partial charge in [-0.15, -0.1) is 0 Å². The zero-order valence-corrected chi connectivity index (χ0v) is 14.9. The van der Waals surface area contributed by atoms with Gasteiger partial charge in [-0.2, -0.15) is 0 Å². The first-order valence-corrected chi connectivity index (χ1v) is 8.74. The first kappa shape index (κ1) is 18.1. The van der Waals surface area contributed by atoms with Crippen LogP contribution in [0.4, 0.5) is 0 Å². The van der Waals surface area contributed by atoms with Crippen molar-refractivity contribution >= 4 is 10.0 Å². The van der Waals surface area contributed by atoms with Crippen LogP contribution in [-0.4, -0.2) is 29.7 Å². The summed E-state index contributed by atoms with van der Waals surface area (Å²) in [6.45, 7) is 1.93. The van der Waals surface area contributed by atoms with Crippen LogP contribution in [0.3, 0.4) is 0 Å². The van der Waals surface area contributed by atoms with Crippen LogP contribution in [0.15, 0.2) is 41.3 Å². The first-order valence-electron chi connectivity index (χ1n) is 7.26.